The molecule has 92 valence electrons. The molecule has 0 aliphatic rings. The van der Waals surface area contributed by atoms with Crippen LogP contribution < -0.4 is 11.1 Å². The molecule has 0 fully saturated rings. The van der Waals surface area contributed by atoms with Gasteiger partial charge in [0.15, 0.2) is 0 Å². The van der Waals surface area contributed by atoms with Crippen LogP contribution in [0, 0.1) is 0 Å². The summed E-state index contributed by atoms with van der Waals surface area (Å²) in [6.45, 7) is 1.68. The van der Waals surface area contributed by atoms with E-state index < -0.39 is 6.04 Å². The van der Waals surface area contributed by atoms with E-state index in [1.54, 1.807) is 25.1 Å². The third-order valence-electron chi connectivity index (χ3n) is 2.18. The SMILES string of the molecule is COC(=O)C(C)Nc1ccc(C(N)=S)cc1Cl. The lowest BCUT2D eigenvalue weighted by atomic mass is 10.2. The predicted molar refractivity (Wildman–Crippen MR) is 72.4 cm³/mol. The van der Waals surface area contributed by atoms with E-state index in [0.717, 1.165) is 0 Å². The normalized spacial score (nSPS) is 11.7. The number of benzene rings is 1. The number of hydrogen-bond acceptors (Lipinski definition) is 4. The monoisotopic (exact) mass is 272 g/mol. The number of esters is 1. The average molecular weight is 273 g/mol. The van der Waals surface area contributed by atoms with Crippen molar-refractivity contribution in [2.45, 2.75) is 13.0 Å². The number of ether oxygens (including phenoxy) is 1. The number of hydrogen-bond donors (Lipinski definition) is 2. The number of carbonyl (C=O) groups is 1. The van der Waals surface area contributed by atoms with Gasteiger partial charge in [0.1, 0.15) is 11.0 Å². The van der Waals surface area contributed by atoms with Crippen LogP contribution in [0.4, 0.5) is 5.69 Å². The molecular formula is C11H13ClN2O2S. The fourth-order valence-corrected chi connectivity index (χ4v) is 1.62. The molecule has 1 aromatic rings. The van der Waals surface area contributed by atoms with Gasteiger partial charge in [-0.15, -0.1) is 0 Å². The first-order valence-corrected chi connectivity index (χ1v) is 5.68. The minimum atomic E-state index is -0.479. The van der Waals surface area contributed by atoms with Gasteiger partial charge >= 0.3 is 5.97 Å². The van der Waals surface area contributed by atoms with Gasteiger partial charge < -0.3 is 15.8 Å². The van der Waals surface area contributed by atoms with Crippen molar-refractivity contribution in [2.24, 2.45) is 5.73 Å². The molecule has 0 saturated heterocycles. The van der Waals surface area contributed by atoms with Crippen LogP contribution in [0.5, 0.6) is 0 Å². The topological polar surface area (TPSA) is 64.3 Å². The molecule has 4 nitrogen and oxygen atoms in total. The zero-order chi connectivity index (χ0) is 13.0. The van der Waals surface area contributed by atoms with Crippen molar-refractivity contribution < 1.29 is 9.53 Å². The zero-order valence-electron chi connectivity index (χ0n) is 9.49. The number of methoxy groups -OCH3 is 1. The Labute approximate surface area is 110 Å². The van der Waals surface area contributed by atoms with Gasteiger partial charge in [0.2, 0.25) is 0 Å². The summed E-state index contributed by atoms with van der Waals surface area (Å²) >= 11 is 10.9. The molecule has 0 aliphatic heterocycles. The maximum atomic E-state index is 11.2. The first-order valence-electron chi connectivity index (χ1n) is 4.89. The number of rotatable bonds is 4. The van der Waals surface area contributed by atoms with Crippen LogP contribution in [0.1, 0.15) is 12.5 Å². The van der Waals surface area contributed by atoms with Gasteiger partial charge in [-0.3, -0.25) is 0 Å². The van der Waals surface area contributed by atoms with E-state index >= 15 is 0 Å². The Kier molecular flexibility index (Phi) is 4.72. The molecule has 0 saturated carbocycles. The third kappa shape index (κ3) is 3.57. The van der Waals surface area contributed by atoms with E-state index in [0.29, 0.717) is 16.3 Å². The van der Waals surface area contributed by atoms with Crippen LogP contribution >= 0.6 is 23.8 Å². The summed E-state index contributed by atoms with van der Waals surface area (Å²) in [6, 6.07) is 4.63. The second-order valence-electron chi connectivity index (χ2n) is 3.45. The molecule has 1 unspecified atom stereocenters. The fraction of sp³-hybridized carbons (Fsp3) is 0.273. The number of carbonyl (C=O) groups excluding carboxylic acids is 1. The summed E-state index contributed by atoms with van der Waals surface area (Å²) in [5.41, 5.74) is 6.79. The summed E-state index contributed by atoms with van der Waals surface area (Å²) in [5.74, 6) is -0.362. The summed E-state index contributed by atoms with van der Waals surface area (Å²) in [6.07, 6.45) is 0. The Balaban J connectivity index is 2.86. The van der Waals surface area contributed by atoms with E-state index in [9.17, 15) is 4.79 Å². The van der Waals surface area contributed by atoms with Gasteiger partial charge in [0, 0.05) is 5.56 Å². The smallest absolute Gasteiger partial charge is 0.327 e. The van der Waals surface area contributed by atoms with E-state index in [4.69, 9.17) is 29.6 Å². The fourth-order valence-electron chi connectivity index (χ4n) is 1.25. The van der Waals surface area contributed by atoms with Gasteiger partial charge in [-0.1, -0.05) is 23.8 Å². The number of halogens is 1. The van der Waals surface area contributed by atoms with Crippen molar-refractivity contribution in [3.63, 3.8) is 0 Å². The maximum Gasteiger partial charge on any atom is 0.327 e. The lowest BCUT2D eigenvalue weighted by Gasteiger charge is -2.14. The van der Waals surface area contributed by atoms with Crippen molar-refractivity contribution in [3.8, 4) is 0 Å². The molecule has 0 spiro atoms. The molecule has 0 heterocycles. The summed E-state index contributed by atoms with van der Waals surface area (Å²) in [7, 11) is 1.33. The summed E-state index contributed by atoms with van der Waals surface area (Å²) < 4.78 is 4.60. The Morgan fingerprint density at radius 1 is 1.59 bits per heavy atom. The first-order chi connectivity index (χ1) is 7.95. The number of thiocarbonyl (C=S) groups is 1. The van der Waals surface area contributed by atoms with Crippen LogP contribution in [0.3, 0.4) is 0 Å². The molecule has 0 amide bonds. The van der Waals surface area contributed by atoms with Crippen LogP contribution in [-0.4, -0.2) is 24.1 Å². The Hall–Kier alpha value is -1.33. The lowest BCUT2D eigenvalue weighted by molar-refractivity contribution is -0.141. The van der Waals surface area contributed by atoms with Gasteiger partial charge in [-0.05, 0) is 25.1 Å². The van der Waals surface area contributed by atoms with E-state index in [-0.39, 0.29) is 11.0 Å². The lowest BCUT2D eigenvalue weighted by Crippen LogP contribution is -2.27. The second-order valence-corrected chi connectivity index (χ2v) is 4.30. The third-order valence-corrected chi connectivity index (χ3v) is 2.73. The molecule has 17 heavy (non-hydrogen) atoms. The Morgan fingerprint density at radius 3 is 2.71 bits per heavy atom. The molecule has 3 N–H and O–H groups in total. The van der Waals surface area contributed by atoms with Crippen molar-refractivity contribution >= 4 is 40.5 Å². The quantitative estimate of drug-likeness (QED) is 0.648. The van der Waals surface area contributed by atoms with Crippen LogP contribution in [0.15, 0.2) is 18.2 Å². The van der Waals surface area contributed by atoms with Crippen LogP contribution in [0.25, 0.3) is 0 Å². The van der Waals surface area contributed by atoms with Gasteiger partial charge in [0.05, 0.1) is 17.8 Å². The highest BCUT2D eigenvalue weighted by Crippen LogP contribution is 2.23. The predicted octanol–water partition coefficient (Wildman–Crippen LogP) is 1.95. The standard InChI is InChI=1S/C11H13ClN2O2S/c1-6(11(15)16-2)14-9-4-3-7(10(13)17)5-8(9)12/h3-6,14H,1-2H3,(H2,13,17). The maximum absolute atomic E-state index is 11.2. The largest absolute Gasteiger partial charge is 0.467 e. The second kappa shape index (κ2) is 5.84. The van der Waals surface area contributed by atoms with E-state index in [1.165, 1.54) is 7.11 Å². The highest BCUT2D eigenvalue weighted by Gasteiger charge is 2.14. The van der Waals surface area contributed by atoms with Crippen molar-refractivity contribution in [3.05, 3.63) is 28.8 Å². The van der Waals surface area contributed by atoms with Gasteiger partial charge in [0.25, 0.3) is 0 Å². The molecule has 0 aliphatic carbocycles. The number of anilines is 1. The molecule has 0 radical (unpaired) electrons. The van der Waals surface area contributed by atoms with Gasteiger partial charge in [-0.25, -0.2) is 4.79 Å². The molecule has 1 atom stereocenters. The van der Waals surface area contributed by atoms with Crippen LogP contribution in [0.2, 0.25) is 5.02 Å². The first kappa shape index (κ1) is 13.7. The average Bonchev–Trinajstić information content (AvgIpc) is 2.30. The zero-order valence-corrected chi connectivity index (χ0v) is 11.1. The highest BCUT2D eigenvalue weighted by atomic mass is 35.5. The molecular weight excluding hydrogens is 260 g/mol. The van der Waals surface area contributed by atoms with Gasteiger partial charge in [-0.2, -0.15) is 0 Å². The van der Waals surface area contributed by atoms with Crippen molar-refractivity contribution in [1.29, 1.82) is 0 Å². The molecule has 0 aromatic heterocycles. The Bertz CT molecular complexity index is 451. The van der Waals surface area contributed by atoms with E-state index in [1.807, 2.05) is 0 Å². The van der Waals surface area contributed by atoms with Crippen LogP contribution in [-0.2, 0) is 9.53 Å². The number of nitrogens with one attached hydrogen (secondary N) is 1. The minimum Gasteiger partial charge on any atom is -0.467 e. The number of nitrogens with two attached hydrogens (primary N) is 1. The molecule has 6 heteroatoms. The molecule has 1 rings (SSSR count). The summed E-state index contributed by atoms with van der Waals surface area (Å²) in [4.78, 5) is 11.5. The summed E-state index contributed by atoms with van der Waals surface area (Å²) in [5, 5.41) is 3.39. The van der Waals surface area contributed by atoms with Crippen molar-refractivity contribution in [2.75, 3.05) is 12.4 Å². The Morgan fingerprint density at radius 2 is 2.24 bits per heavy atom. The van der Waals surface area contributed by atoms with E-state index in [2.05, 4.69) is 10.1 Å². The van der Waals surface area contributed by atoms with Crippen molar-refractivity contribution in [1.82, 2.24) is 0 Å². The highest BCUT2D eigenvalue weighted by molar-refractivity contribution is 7.80. The molecule has 0 bridgehead atoms. The molecule has 1 aromatic carbocycles. The minimum absolute atomic E-state index is 0.277.